The second-order valence-corrected chi connectivity index (χ2v) is 4.38. The Morgan fingerprint density at radius 2 is 1.88 bits per heavy atom. The summed E-state index contributed by atoms with van der Waals surface area (Å²) < 4.78 is 0. The van der Waals surface area contributed by atoms with Gasteiger partial charge in [-0.25, -0.2) is 0 Å². The van der Waals surface area contributed by atoms with Crippen LogP contribution in [0.15, 0.2) is 36.5 Å². The van der Waals surface area contributed by atoms with Crippen molar-refractivity contribution in [2.75, 3.05) is 18.5 Å². The summed E-state index contributed by atoms with van der Waals surface area (Å²) in [5.41, 5.74) is 1.02. The van der Waals surface area contributed by atoms with E-state index >= 15 is 0 Å². The Morgan fingerprint density at radius 1 is 1.18 bits per heavy atom. The molecule has 1 aromatic heterocycles. The quantitative estimate of drug-likeness (QED) is 0.745. The third-order valence-electron chi connectivity index (χ3n) is 2.78. The van der Waals surface area contributed by atoms with Crippen LogP contribution in [0.4, 0.5) is 5.69 Å². The Balaban J connectivity index is 2.42. The van der Waals surface area contributed by atoms with E-state index in [1.54, 1.807) is 13.1 Å². The van der Waals surface area contributed by atoms with Gasteiger partial charge in [-0.3, -0.25) is 4.98 Å². The second kappa shape index (κ2) is 4.69. The first-order chi connectivity index (χ1) is 8.18. The molecule has 0 aliphatic heterocycles. The molecule has 0 bridgehead atoms. The molecule has 1 aromatic carbocycles. The van der Waals surface area contributed by atoms with E-state index in [0.717, 1.165) is 16.6 Å². The van der Waals surface area contributed by atoms with Gasteiger partial charge in [0, 0.05) is 17.3 Å². The van der Waals surface area contributed by atoms with Crippen LogP contribution in [0.1, 0.15) is 6.92 Å². The van der Waals surface area contributed by atoms with Crippen molar-refractivity contribution in [1.29, 1.82) is 0 Å². The van der Waals surface area contributed by atoms with Crippen molar-refractivity contribution < 1.29 is 10.2 Å². The maximum atomic E-state index is 9.28. The third kappa shape index (κ3) is 2.38. The number of pyridine rings is 1. The maximum absolute atomic E-state index is 9.28. The molecule has 2 aromatic rings. The molecule has 2 rings (SSSR count). The normalized spacial score (nSPS) is 11.7. The molecule has 0 unspecified atom stereocenters. The van der Waals surface area contributed by atoms with Gasteiger partial charge in [-0.2, -0.15) is 0 Å². The highest BCUT2D eigenvalue weighted by Crippen LogP contribution is 2.23. The lowest BCUT2D eigenvalue weighted by Gasteiger charge is -2.28. The SMILES string of the molecule is CC(CO)(CO)Nc1ccnc2ccccc12. The van der Waals surface area contributed by atoms with Gasteiger partial charge in [-0.1, -0.05) is 18.2 Å². The van der Waals surface area contributed by atoms with Crippen molar-refractivity contribution in [3.8, 4) is 0 Å². The predicted molar refractivity (Wildman–Crippen MR) is 67.9 cm³/mol. The van der Waals surface area contributed by atoms with Gasteiger partial charge in [0.25, 0.3) is 0 Å². The zero-order valence-electron chi connectivity index (χ0n) is 9.72. The minimum absolute atomic E-state index is 0.139. The first-order valence-electron chi connectivity index (χ1n) is 5.52. The number of aliphatic hydroxyl groups excluding tert-OH is 2. The van der Waals surface area contributed by atoms with Crippen LogP contribution < -0.4 is 5.32 Å². The van der Waals surface area contributed by atoms with E-state index in [4.69, 9.17) is 0 Å². The number of nitrogens with zero attached hydrogens (tertiary/aromatic N) is 1. The fourth-order valence-corrected chi connectivity index (χ4v) is 1.66. The molecule has 0 saturated carbocycles. The van der Waals surface area contributed by atoms with Gasteiger partial charge in [0.2, 0.25) is 0 Å². The van der Waals surface area contributed by atoms with Gasteiger partial charge in [0.15, 0.2) is 0 Å². The topological polar surface area (TPSA) is 65.4 Å². The van der Waals surface area contributed by atoms with Crippen LogP contribution in [-0.4, -0.2) is 33.9 Å². The molecule has 0 saturated heterocycles. The summed E-state index contributed by atoms with van der Waals surface area (Å²) in [6.07, 6.45) is 1.71. The summed E-state index contributed by atoms with van der Waals surface area (Å²) in [6.45, 7) is 1.49. The molecule has 17 heavy (non-hydrogen) atoms. The van der Waals surface area contributed by atoms with Crippen LogP contribution in [0.25, 0.3) is 10.9 Å². The number of rotatable bonds is 4. The molecule has 0 fully saturated rings. The molecule has 90 valence electrons. The number of para-hydroxylation sites is 1. The monoisotopic (exact) mass is 232 g/mol. The van der Waals surface area contributed by atoms with Crippen molar-refractivity contribution in [3.63, 3.8) is 0 Å². The fraction of sp³-hybridized carbons (Fsp3) is 0.308. The third-order valence-corrected chi connectivity index (χ3v) is 2.78. The summed E-state index contributed by atoms with van der Waals surface area (Å²) in [5, 5.41) is 22.7. The van der Waals surface area contributed by atoms with E-state index in [1.165, 1.54) is 0 Å². The number of fused-ring (bicyclic) bond motifs is 1. The summed E-state index contributed by atoms with van der Waals surface area (Å²) in [6, 6.07) is 9.59. The van der Waals surface area contributed by atoms with E-state index in [9.17, 15) is 10.2 Å². The molecular formula is C13H16N2O2. The lowest BCUT2D eigenvalue weighted by Crippen LogP contribution is -2.42. The molecule has 0 spiro atoms. The number of anilines is 1. The number of nitrogens with one attached hydrogen (secondary N) is 1. The van der Waals surface area contributed by atoms with E-state index < -0.39 is 5.54 Å². The minimum atomic E-state index is -0.732. The van der Waals surface area contributed by atoms with Crippen LogP contribution in [0.5, 0.6) is 0 Å². The molecule has 0 radical (unpaired) electrons. The number of aromatic nitrogens is 1. The molecular weight excluding hydrogens is 216 g/mol. The highest BCUT2D eigenvalue weighted by molar-refractivity contribution is 5.91. The Labute approximate surface area is 99.9 Å². The standard InChI is InChI=1S/C13H16N2O2/c1-13(8-16,9-17)15-12-6-7-14-11-5-3-2-4-10(11)12/h2-7,16-17H,8-9H2,1H3,(H,14,15). The average molecular weight is 232 g/mol. The zero-order chi connectivity index (χ0) is 12.3. The van der Waals surface area contributed by atoms with Gasteiger partial charge in [-0.05, 0) is 19.1 Å². The van der Waals surface area contributed by atoms with Gasteiger partial charge in [-0.15, -0.1) is 0 Å². The Morgan fingerprint density at radius 3 is 2.59 bits per heavy atom. The van der Waals surface area contributed by atoms with Gasteiger partial charge < -0.3 is 15.5 Å². The van der Waals surface area contributed by atoms with Gasteiger partial charge in [0.05, 0.1) is 24.3 Å². The molecule has 1 heterocycles. The van der Waals surface area contributed by atoms with Crippen molar-refractivity contribution in [2.45, 2.75) is 12.5 Å². The number of aliphatic hydroxyl groups is 2. The van der Waals surface area contributed by atoms with E-state index in [2.05, 4.69) is 10.3 Å². The van der Waals surface area contributed by atoms with Crippen molar-refractivity contribution in [3.05, 3.63) is 36.5 Å². The van der Waals surface area contributed by atoms with Crippen LogP contribution in [0.3, 0.4) is 0 Å². The number of hydrogen-bond acceptors (Lipinski definition) is 4. The summed E-state index contributed by atoms with van der Waals surface area (Å²) >= 11 is 0. The first-order valence-corrected chi connectivity index (χ1v) is 5.52. The highest BCUT2D eigenvalue weighted by Gasteiger charge is 2.22. The van der Waals surface area contributed by atoms with Crippen LogP contribution in [0.2, 0.25) is 0 Å². The van der Waals surface area contributed by atoms with E-state index in [0.29, 0.717) is 0 Å². The lowest BCUT2D eigenvalue weighted by molar-refractivity contribution is 0.147. The number of hydrogen-bond donors (Lipinski definition) is 3. The highest BCUT2D eigenvalue weighted by atomic mass is 16.3. The van der Waals surface area contributed by atoms with Gasteiger partial charge in [0.1, 0.15) is 0 Å². The number of benzene rings is 1. The smallest absolute Gasteiger partial charge is 0.0806 e. The van der Waals surface area contributed by atoms with Crippen molar-refractivity contribution in [1.82, 2.24) is 4.98 Å². The van der Waals surface area contributed by atoms with E-state index in [1.807, 2.05) is 30.3 Å². The first kappa shape index (κ1) is 11.8. The summed E-state index contributed by atoms with van der Waals surface area (Å²) in [7, 11) is 0. The Hall–Kier alpha value is -1.65. The predicted octanol–water partition coefficient (Wildman–Crippen LogP) is 1.39. The molecule has 4 heteroatoms. The maximum Gasteiger partial charge on any atom is 0.0806 e. The molecule has 0 atom stereocenters. The van der Waals surface area contributed by atoms with Crippen LogP contribution in [0, 0.1) is 0 Å². The summed E-state index contributed by atoms with van der Waals surface area (Å²) in [5.74, 6) is 0. The zero-order valence-corrected chi connectivity index (χ0v) is 9.72. The van der Waals surface area contributed by atoms with E-state index in [-0.39, 0.29) is 13.2 Å². The molecule has 0 aliphatic rings. The van der Waals surface area contributed by atoms with Crippen LogP contribution in [-0.2, 0) is 0 Å². The molecule has 4 nitrogen and oxygen atoms in total. The lowest BCUT2D eigenvalue weighted by atomic mass is 10.0. The Kier molecular flexibility index (Phi) is 3.26. The molecule has 0 aliphatic carbocycles. The van der Waals surface area contributed by atoms with Crippen LogP contribution >= 0.6 is 0 Å². The second-order valence-electron chi connectivity index (χ2n) is 4.38. The van der Waals surface area contributed by atoms with Crippen molar-refractivity contribution >= 4 is 16.6 Å². The average Bonchev–Trinajstić information content (AvgIpc) is 2.39. The van der Waals surface area contributed by atoms with Crippen molar-refractivity contribution in [2.24, 2.45) is 0 Å². The molecule has 0 amide bonds. The molecule has 3 N–H and O–H groups in total. The van der Waals surface area contributed by atoms with Gasteiger partial charge >= 0.3 is 0 Å². The minimum Gasteiger partial charge on any atom is -0.394 e. The largest absolute Gasteiger partial charge is 0.394 e. The Bertz CT molecular complexity index is 504. The summed E-state index contributed by atoms with van der Waals surface area (Å²) in [4.78, 5) is 4.26. The fourth-order valence-electron chi connectivity index (χ4n) is 1.66.